The SMILES string of the molecule is O=C(Cc1cccc(F)c1F)NCC1CCCN1. The van der Waals surface area contributed by atoms with E-state index in [1.807, 2.05) is 0 Å². The quantitative estimate of drug-likeness (QED) is 0.852. The van der Waals surface area contributed by atoms with Crippen LogP contribution in [0.25, 0.3) is 0 Å². The van der Waals surface area contributed by atoms with Crippen LogP contribution in [-0.2, 0) is 11.2 Å². The number of nitrogens with one attached hydrogen (secondary N) is 2. The van der Waals surface area contributed by atoms with Gasteiger partial charge in [-0.1, -0.05) is 12.1 Å². The van der Waals surface area contributed by atoms with Crippen molar-refractivity contribution in [2.45, 2.75) is 25.3 Å². The van der Waals surface area contributed by atoms with Crippen molar-refractivity contribution in [3.63, 3.8) is 0 Å². The zero-order valence-corrected chi connectivity index (χ0v) is 10.0. The Morgan fingerprint density at radius 3 is 3.00 bits per heavy atom. The Morgan fingerprint density at radius 1 is 1.44 bits per heavy atom. The van der Waals surface area contributed by atoms with Crippen LogP contribution in [0.4, 0.5) is 8.78 Å². The van der Waals surface area contributed by atoms with Crippen molar-refractivity contribution in [1.29, 1.82) is 0 Å². The maximum atomic E-state index is 13.3. The van der Waals surface area contributed by atoms with Crippen molar-refractivity contribution in [2.75, 3.05) is 13.1 Å². The maximum Gasteiger partial charge on any atom is 0.224 e. The van der Waals surface area contributed by atoms with E-state index in [0.717, 1.165) is 25.5 Å². The smallest absolute Gasteiger partial charge is 0.224 e. The highest BCUT2D eigenvalue weighted by Crippen LogP contribution is 2.11. The van der Waals surface area contributed by atoms with Crippen LogP contribution in [0.2, 0.25) is 0 Å². The lowest BCUT2D eigenvalue weighted by atomic mass is 10.1. The van der Waals surface area contributed by atoms with E-state index in [1.54, 1.807) is 0 Å². The minimum atomic E-state index is -0.938. The number of rotatable bonds is 4. The highest BCUT2D eigenvalue weighted by molar-refractivity contribution is 5.78. The molecule has 1 aliphatic heterocycles. The molecule has 98 valence electrons. The van der Waals surface area contributed by atoms with Crippen LogP contribution in [0, 0.1) is 11.6 Å². The van der Waals surface area contributed by atoms with Gasteiger partial charge < -0.3 is 10.6 Å². The molecule has 3 nitrogen and oxygen atoms in total. The highest BCUT2D eigenvalue weighted by atomic mass is 19.2. The minimum absolute atomic E-state index is 0.0897. The van der Waals surface area contributed by atoms with Gasteiger partial charge in [-0.2, -0.15) is 0 Å². The minimum Gasteiger partial charge on any atom is -0.354 e. The average molecular weight is 254 g/mol. The number of benzene rings is 1. The summed E-state index contributed by atoms with van der Waals surface area (Å²) in [6.45, 7) is 1.51. The molecule has 0 aromatic heterocycles. The zero-order chi connectivity index (χ0) is 13.0. The lowest BCUT2D eigenvalue weighted by Gasteiger charge is -2.11. The van der Waals surface area contributed by atoms with Crippen molar-refractivity contribution in [1.82, 2.24) is 10.6 Å². The molecule has 1 aliphatic rings. The van der Waals surface area contributed by atoms with Gasteiger partial charge in [0.1, 0.15) is 0 Å². The summed E-state index contributed by atoms with van der Waals surface area (Å²) in [4.78, 5) is 11.6. The molecule has 1 aromatic rings. The largest absolute Gasteiger partial charge is 0.354 e. The molecular formula is C13H16F2N2O. The predicted molar refractivity (Wildman–Crippen MR) is 64.1 cm³/mol. The van der Waals surface area contributed by atoms with Gasteiger partial charge in [-0.15, -0.1) is 0 Å². The second-order valence-electron chi connectivity index (χ2n) is 4.49. The maximum absolute atomic E-state index is 13.3. The molecule has 1 fully saturated rings. The van der Waals surface area contributed by atoms with Crippen molar-refractivity contribution in [3.05, 3.63) is 35.4 Å². The van der Waals surface area contributed by atoms with E-state index in [1.165, 1.54) is 12.1 Å². The van der Waals surface area contributed by atoms with Gasteiger partial charge in [-0.25, -0.2) is 8.78 Å². The molecule has 0 saturated carbocycles. The first-order chi connectivity index (χ1) is 8.66. The first kappa shape index (κ1) is 13.0. The molecule has 1 atom stereocenters. The zero-order valence-electron chi connectivity index (χ0n) is 10.0. The summed E-state index contributed by atoms with van der Waals surface area (Å²) in [6.07, 6.45) is 2.02. The fourth-order valence-electron chi connectivity index (χ4n) is 2.09. The molecular weight excluding hydrogens is 238 g/mol. The van der Waals surface area contributed by atoms with Gasteiger partial charge in [0.2, 0.25) is 5.91 Å². The molecule has 1 heterocycles. The molecule has 18 heavy (non-hydrogen) atoms. The average Bonchev–Trinajstić information content (AvgIpc) is 2.86. The Morgan fingerprint density at radius 2 is 2.28 bits per heavy atom. The molecule has 0 bridgehead atoms. The standard InChI is InChI=1S/C13H16F2N2O/c14-11-5-1-3-9(13(11)15)7-12(18)17-8-10-4-2-6-16-10/h1,3,5,10,16H,2,4,6-8H2,(H,17,18). The van der Waals surface area contributed by atoms with Crippen molar-refractivity contribution in [3.8, 4) is 0 Å². The van der Waals surface area contributed by atoms with Crippen molar-refractivity contribution < 1.29 is 13.6 Å². The van der Waals surface area contributed by atoms with Crippen LogP contribution >= 0.6 is 0 Å². The summed E-state index contributed by atoms with van der Waals surface area (Å²) in [5.74, 6) is -2.14. The summed E-state index contributed by atoms with van der Waals surface area (Å²) in [7, 11) is 0. The fourth-order valence-corrected chi connectivity index (χ4v) is 2.09. The van der Waals surface area contributed by atoms with E-state index in [9.17, 15) is 13.6 Å². The van der Waals surface area contributed by atoms with Crippen molar-refractivity contribution >= 4 is 5.91 Å². The normalized spacial score (nSPS) is 18.9. The van der Waals surface area contributed by atoms with E-state index >= 15 is 0 Å². The molecule has 0 spiro atoms. The van der Waals surface area contributed by atoms with E-state index in [2.05, 4.69) is 10.6 Å². The Labute approximate surface area is 105 Å². The predicted octanol–water partition coefficient (Wildman–Crippen LogP) is 1.38. The van der Waals surface area contributed by atoms with Crippen LogP contribution in [-0.4, -0.2) is 25.0 Å². The monoisotopic (exact) mass is 254 g/mol. The number of halogens is 2. The van der Waals surface area contributed by atoms with Gasteiger partial charge in [-0.05, 0) is 25.5 Å². The summed E-state index contributed by atoms with van der Waals surface area (Å²) in [6, 6.07) is 4.16. The Hall–Kier alpha value is -1.49. The van der Waals surface area contributed by atoms with Gasteiger partial charge in [0.05, 0.1) is 6.42 Å². The van der Waals surface area contributed by atoms with Gasteiger partial charge in [0.15, 0.2) is 11.6 Å². The highest BCUT2D eigenvalue weighted by Gasteiger charge is 2.16. The molecule has 1 saturated heterocycles. The Balaban J connectivity index is 1.84. The molecule has 1 aromatic carbocycles. The first-order valence-electron chi connectivity index (χ1n) is 6.10. The van der Waals surface area contributed by atoms with E-state index < -0.39 is 11.6 Å². The van der Waals surface area contributed by atoms with Crippen LogP contribution < -0.4 is 10.6 Å². The first-order valence-corrected chi connectivity index (χ1v) is 6.10. The van der Waals surface area contributed by atoms with E-state index in [-0.39, 0.29) is 17.9 Å². The van der Waals surface area contributed by atoms with Crippen LogP contribution in [0.15, 0.2) is 18.2 Å². The number of amides is 1. The third-order valence-electron chi connectivity index (χ3n) is 3.09. The third-order valence-corrected chi connectivity index (χ3v) is 3.09. The summed E-state index contributed by atoms with van der Waals surface area (Å²) in [5.41, 5.74) is 0.0897. The van der Waals surface area contributed by atoms with Crippen LogP contribution in [0.3, 0.4) is 0 Å². The summed E-state index contributed by atoms with van der Waals surface area (Å²) in [5, 5.41) is 5.98. The molecule has 0 aliphatic carbocycles. The number of hydrogen-bond acceptors (Lipinski definition) is 2. The molecule has 1 amide bonds. The summed E-state index contributed by atoms with van der Waals surface area (Å²) < 4.78 is 26.3. The molecule has 1 unspecified atom stereocenters. The van der Waals surface area contributed by atoms with E-state index in [4.69, 9.17) is 0 Å². The van der Waals surface area contributed by atoms with Gasteiger partial charge >= 0.3 is 0 Å². The topological polar surface area (TPSA) is 41.1 Å². The Kier molecular flexibility index (Phi) is 4.25. The van der Waals surface area contributed by atoms with Gasteiger partial charge in [-0.3, -0.25) is 4.79 Å². The lowest BCUT2D eigenvalue weighted by Crippen LogP contribution is -2.37. The molecule has 5 heteroatoms. The fraction of sp³-hybridized carbons (Fsp3) is 0.462. The number of carbonyl (C=O) groups is 1. The summed E-state index contributed by atoms with van der Waals surface area (Å²) >= 11 is 0. The van der Waals surface area contributed by atoms with Gasteiger partial charge in [0.25, 0.3) is 0 Å². The second-order valence-corrected chi connectivity index (χ2v) is 4.49. The second kappa shape index (κ2) is 5.91. The Bertz CT molecular complexity index is 431. The van der Waals surface area contributed by atoms with Gasteiger partial charge in [0, 0.05) is 18.2 Å². The van der Waals surface area contributed by atoms with Crippen molar-refractivity contribution in [2.24, 2.45) is 0 Å². The number of hydrogen-bond donors (Lipinski definition) is 2. The third kappa shape index (κ3) is 3.26. The van der Waals surface area contributed by atoms with E-state index in [0.29, 0.717) is 12.6 Å². The number of carbonyl (C=O) groups excluding carboxylic acids is 1. The molecule has 2 rings (SSSR count). The molecule has 0 radical (unpaired) electrons. The molecule has 2 N–H and O–H groups in total. The lowest BCUT2D eigenvalue weighted by molar-refractivity contribution is -0.120. The van der Waals surface area contributed by atoms with Crippen LogP contribution in [0.1, 0.15) is 18.4 Å². The van der Waals surface area contributed by atoms with Crippen LogP contribution in [0.5, 0.6) is 0 Å².